The topological polar surface area (TPSA) is 54.5 Å². The van der Waals surface area contributed by atoms with Gasteiger partial charge in [-0.15, -0.1) is 0 Å². The number of sulfone groups is 1. The number of benzene rings is 3. The van der Waals surface area contributed by atoms with Gasteiger partial charge in [0.1, 0.15) is 10.7 Å². The Labute approximate surface area is 166 Å². The summed E-state index contributed by atoms with van der Waals surface area (Å²) in [6, 6.07) is 18.1. The molecule has 3 aromatic carbocycles. The Morgan fingerprint density at radius 3 is 2.39 bits per heavy atom. The van der Waals surface area contributed by atoms with Gasteiger partial charge in [0.2, 0.25) is 15.6 Å². The van der Waals surface area contributed by atoms with Crippen LogP contribution >= 0.6 is 11.6 Å². The quantitative estimate of drug-likeness (QED) is 0.441. The molecule has 0 saturated heterocycles. The number of allylic oxidation sites excluding steroid dienone is 1. The van der Waals surface area contributed by atoms with Crippen molar-refractivity contribution in [1.82, 2.24) is 0 Å². The second-order valence-corrected chi connectivity index (χ2v) is 8.48. The highest BCUT2D eigenvalue weighted by Crippen LogP contribution is 2.41. The lowest BCUT2D eigenvalue weighted by atomic mass is 10.1. The van der Waals surface area contributed by atoms with Gasteiger partial charge in [-0.25, -0.2) is 12.8 Å². The van der Waals surface area contributed by atoms with Crippen molar-refractivity contribution in [3.05, 3.63) is 100 Å². The summed E-state index contributed by atoms with van der Waals surface area (Å²) in [4.78, 5) is 13.9. The van der Waals surface area contributed by atoms with E-state index in [2.05, 4.69) is 0 Å². The third-order valence-corrected chi connectivity index (χ3v) is 6.38. The standard InChI is InChI=1S/C21H13ClFNO3S/c22-15-7-4-8-17(11-15)24-13-20(21(25)14-5-2-1-3-6-14)28(26,27)19-10-9-16(23)12-18(19)24/h1-13H. The number of carbonyl (C=O) groups excluding carboxylic acids is 1. The van der Waals surface area contributed by atoms with Gasteiger partial charge in [0.25, 0.3) is 0 Å². The van der Waals surface area contributed by atoms with Crippen LogP contribution in [0.2, 0.25) is 5.02 Å². The van der Waals surface area contributed by atoms with Crippen LogP contribution in [-0.4, -0.2) is 14.2 Å². The number of fused-ring (bicyclic) bond motifs is 1. The van der Waals surface area contributed by atoms with E-state index in [9.17, 15) is 17.6 Å². The highest BCUT2D eigenvalue weighted by atomic mass is 35.5. The van der Waals surface area contributed by atoms with Gasteiger partial charge < -0.3 is 4.90 Å². The van der Waals surface area contributed by atoms with Gasteiger partial charge in [-0.05, 0) is 36.4 Å². The van der Waals surface area contributed by atoms with Crippen molar-refractivity contribution in [1.29, 1.82) is 0 Å². The highest BCUT2D eigenvalue weighted by molar-refractivity contribution is 7.96. The first-order valence-electron chi connectivity index (χ1n) is 8.29. The SMILES string of the molecule is O=C(C1=CN(c2cccc(Cl)c2)c2cc(F)ccc2S1(=O)=O)c1ccccc1. The summed E-state index contributed by atoms with van der Waals surface area (Å²) in [5, 5.41) is 0.424. The number of rotatable bonds is 3. The fourth-order valence-corrected chi connectivity index (χ4v) is 4.74. The number of carbonyl (C=O) groups is 1. The van der Waals surface area contributed by atoms with E-state index >= 15 is 0 Å². The summed E-state index contributed by atoms with van der Waals surface area (Å²) in [6.07, 6.45) is 1.22. The van der Waals surface area contributed by atoms with E-state index in [-0.39, 0.29) is 16.1 Å². The third kappa shape index (κ3) is 3.10. The molecule has 1 heterocycles. The summed E-state index contributed by atoms with van der Waals surface area (Å²) < 4.78 is 40.1. The molecule has 1 aliphatic rings. The van der Waals surface area contributed by atoms with Crippen LogP contribution < -0.4 is 4.90 Å². The smallest absolute Gasteiger partial charge is 0.214 e. The maximum Gasteiger partial charge on any atom is 0.214 e. The first-order chi connectivity index (χ1) is 13.4. The molecular formula is C21H13ClFNO3S. The number of hydrogen-bond acceptors (Lipinski definition) is 4. The minimum atomic E-state index is -4.13. The van der Waals surface area contributed by atoms with E-state index in [4.69, 9.17) is 11.6 Å². The number of Topliss-reactive ketones (excluding diaryl/α,β-unsaturated/α-hetero) is 1. The van der Waals surface area contributed by atoms with E-state index in [1.165, 1.54) is 17.2 Å². The summed E-state index contributed by atoms with van der Waals surface area (Å²) >= 11 is 6.07. The Kier molecular flexibility index (Phi) is 4.53. The molecule has 0 saturated carbocycles. The molecule has 0 aliphatic carbocycles. The van der Waals surface area contributed by atoms with E-state index in [1.807, 2.05) is 0 Å². The summed E-state index contributed by atoms with van der Waals surface area (Å²) in [5.41, 5.74) is 0.869. The largest absolute Gasteiger partial charge is 0.314 e. The molecule has 140 valence electrons. The average Bonchev–Trinajstić information content (AvgIpc) is 2.68. The maximum absolute atomic E-state index is 13.9. The fourth-order valence-electron chi connectivity index (χ4n) is 3.03. The van der Waals surface area contributed by atoms with Gasteiger partial charge in [0.15, 0.2) is 0 Å². The zero-order valence-corrected chi connectivity index (χ0v) is 15.9. The molecule has 4 nitrogen and oxygen atoms in total. The summed E-state index contributed by atoms with van der Waals surface area (Å²) in [5.74, 6) is -1.23. The normalized spacial score (nSPS) is 14.9. The second-order valence-electron chi connectivity index (χ2n) is 6.15. The monoisotopic (exact) mass is 413 g/mol. The minimum absolute atomic E-state index is 0.117. The van der Waals surface area contributed by atoms with E-state index in [0.717, 1.165) is 12.1 Å². The van der Waals surface area contributed by atoms with Gasteiger partial charge in [-0.3, -0.25) is 4.79 Å². The van der Waals surface area contributed by atoms with Crippen LogP contribution in [0.5, 0.6) is 0 Å². The summed E-state index contributed by atoms with van der Waals surface area (Å²) in [6.45, 7) is 0. The second kappa shape index (κ2) is 6.89. The van der Waals surface area contributed by atoms with Crippen LogP contribution in [0.3, 0.4) is 0 Å². The van der Waals surface area contributed by atoms with Crippen molar-refractivity contribution in [2.24, 2.45) is 0 Å². The number of ketones is 1. The van der Waals surface area contributed by atoms with Gasteiger partial charge >= 0.3 is 0 Å². The molecule has 0 atom stereocenters. The van der Waals surface area contributed by atoms with Gasteiger partial charge in [-0.1, -0.05) is 48.0 Å². The van der Waals surface area contributed by atoms with Crippen LogP contribution in [-0.2, 0) is 9.84 Å². The van der Waals surface area contributed by atoms with Crippen LogP contribution in [0.25, 0.3) is 0 Å². The number of hydrogen-bond donors (Lipinski definition) is 0. The molecule has 0 spiro atoms. The zero-order chi connectivity index (χ0) is 19.9. The van der Waals surface area contributed by atoms with Gasteiger partial charge in [-0.2, -0.15) is 0 Å². The van der Waals surface area contributed by atoms with E-state index in [0.29, 0.717) is 10.7 Å². The number of halogens is 2. The Morgan fingerprint density at radius 1 is 0.929 bits per heavy atom. The molecule has 0 amide bonds. The predicted octanol–water partition coefficient (Wildman–Crippen LogP) is 5.13. The van der Waals surface area contributed by atoms with Crippen LogP contribution in [0.15, 0.2) is 88.8 Å². The highest BCUT2D eigenvalue weighted by Gasteiger charge is 2.36. The third-order valence-electron chi connectivity index (χ3n) is 4.35. The van der Waals surface area contributed by atoms with Crippen LogP contribution in [0.4, 0.5) is 15.8 Å². The Morgan fingerprint density at radius 2 is 1.68 bits per heavy atom. The predicted molar refractivity (Wildman–Crippen MR) is 106 cm³/mol. The molecule has 7 heteroatoms. The molecule has 0 N–H and O–H groups in total. The van der Waals surface area contributed by atoms with Crippen LogP contribution in [0, 0.1) is 5.82 Å². The Balaban J connectivity index is 1.96. The van der Waals surface area contributed by atoms with Crippen molar-refractivity contribution in [2.45, 2.75) is 4.90 Å². The van der Waals surface area contributed by atoms with Gasteiger partial charge in [0.05, 0.1) is 10.6 Å². The van der Waals surface area contributed by atoms with Crippen molar-refractivity contribution in [3.63, 3.8) is 0 Å². The Bertz CT molecular complexity index is 1220. The molecule has 1 aliphatic heterocycles. The van der Waals surface area contributed by atoms with E-state index < -0.39 is 26.3 Å². The molecule has 0 radical (unpaired) electrons. The molecular weight excluding hydrogens is 401 g/mol. The minimum Gasteiger partial charge on any atom is -0.314 e. The van der Waals surface area contributed by atoms with Gasteiger partial charge in [0, 0.05) is 22.5 Å². The van der Waals surface area contributed by atoms with Crippen molar-refractivity contribution in [3.8, 4) is 0 Å². The molecule has 0 fully saturated rings. The molecule has 28 heavy (non-hydrogen) atoms. The Hall–Kier alpha value is -2.96. The average molecular weight is 414 g/mol. The maximum atomic E-state index is 13.9. The molecule has 4 rings (SSSR count). The fraction of sp³-hybridized carbons (Fsp3) is 0. The lowest BCUT2D eigenvalue weighted by molar-refractivity contribution is 0.104. The first kappa shape index (κ1) is 18.4. The lowest BCUT2D eigenvalue weighted by Gasteiger charge is -2.29. The molecule has 0 unspecified atom stereocenters. The zero-order valence-electron chi connectivity index (χ0n) is 14.3. The van der Waals surface area contributed by atoms with Crippen molar-refractivity contribution in [2.75, 3.05) is 4.90 Å². The van der Waals surface area contributed by atoms with E-state index in [1.54, 1.807) is 54.6 Å². The number of anilines is 2. The lowest BCUT2D eigenvalue weighted by Crippen LogP contribution is -2.26. The van der Waals surface area contributed by atoms with Crippen LogP contribution in [0.1, 0.15) is 10.4 Å². The molecule has 0 aromatic heterocycles. The first-order valence-corrected chi connectivity index (χ1v) is 10.1. The summed E-state index contributed by atoms with van der Waals surface area (Å²) in [7, 11) is -4.13. The molecule has 3 aromatic rings. The van der Waals surface area contributed by atoms with Crippen molar-refractivity contribution < 1.29 is 17.6 Å². The van der Waals surface area contributed by atoms with Crippen molar-refractivity contribution >= 4 is 38.6 Å². The number of nitrogens with zero attached hydrogens (tertiary/aromatic N) is 1. The molecule has 0 bridgehead atoms.